The Labute approximate surface area is 185 Å². The van der Waals surface area contributed by atoms with Gasteiger partial charge in [-0.25, -0.2) is 0 Å². The van der Waals surface area contributed by atoms with Gasteiger partial charge in [0.05, 0.1) is 12.2 Å². The molecule has 0 aliphatic rings. The molecule has 0 aliphatic carbocycles. The van der Waals surface area contributed by atoms with E-state index in [0.717, 1.165) is 19.3 Å². The van der Waals surface area contributed by atoms with Gasteiger partial charge in [0.15, 0.2) is 0 Å². The molecule has 6 nitrogen and oxygen atoms in total. The van der Waals surface area contributed by atoms with Gasteiger partial charge in [-0.3, -0.25) is 9.59 Å². The maximum Gasteiger partial charge on any atom is 0.323 e. The molecule has 0 radical (unpaired) electrons. The first-order valence-corrected chi connectivity index (χ1v) is 11.7. The van der Waals surface area contributed by atoms with Crippen LogP contribution in [0.5, 0.6) is 0 Å². The summed E-state index contributed by atoms with van der Waals surface area (Å²) in [5, 5.41) is 6.64. The van der Waals surface area contributed by atoms with Crippen LogP contribution in [-0.2, 0) is 19.1 Å². The van der Waals surface area contributed by atoms with Gasteiger partial charge in [-0.05, 0) is 58.3 Å². The monoisotopic (exact) mass is 428 g/mol. The summed E-state index contributed by atoms with van der Waals surface area (Å²) in [6, 6.07) is -0.151. The quantitative estimate of drug-likeness (QED) is 0.375. The summed E-state index contributed by atoms with van der Waals surface area (Å²) in [6.45, 7) is 20.2. The van der Waals surface area contributed by atoms with Gasteiger partial charge in [0.2, 0.25) is 0 Å². The Morgan fingerprint density at radius 2 is 1.13 bits per heavy atom. The second-order valence-electron chi connectivity index (χ2n) is 10.0. The van der Waals surface area contributed by atoms with Crippen molar-refractivity contribution in [3.8, 4) is 0 Å². The molecule has 0 saturated heterocycles. The molecule has 0 amide bonds. The topological polar surface area (TPSA) is 76.7 Å². The van der Waals surface area contributed by atoms with Crippen molar-refractivity contribution < 1.29 is 19.1 Å². The summed E-state index contributed by atoms with van der Waals surface area (Å²) in [7, 11) is 0. The molecule has 6 heteroatoms. The molecule has 0 saturated carbocycles. The predicted molar refractivity (Wildman–Crippen MR) is 123 cm³/mol. The minimum absolute atomic E-state index is 0.123. The third-order valence-corrected chi connectivity index (χ3v) is 4.72. The molecule has 0 heterocycles. The van der Waals surface area contributed by atoms with Crippen LogP contribution >= 0.6 is 0 Å². The zero-order chi connectivity index (χ0) is 23.4. The Morgan fingerprint density at radius 1 is 0.667 bits per heavy atom. The zero-order valence-electron chi connectivity index (χ0n) is 21.1. The molecule has 0 aromatic heterocycles. The number of hydrogen-bond acceptors (Lipinski definition) is 6. The first kappa shape index (κ1) is 28.9. The third-order valence-electron chi connectivity index (χ3n) is 4.72. The van der Waals surface area contributed by atoms with E-state index in [-0.39, 0.29) is 48.3 Å². The van der Waals surface area contributed by atoms with Crippen molar-refractivity contribution in [2.45, 2.75) is 131 Å². The van der Waals surface area contributed by atoms with Gasteiger partial charge < -0.3 is 20.1 Å². The first-order chi connectivity index (χ1) is 13.8. The fourth-order valence-electron chi connectivity index (χ4n) is 3.43. The van der Waals surface area contributed by atoms with E-state index in [4.69, 9.17) is 9.47 Å². The molecule has 0 rings (SSSR count). The van der Waals surface area contributed by atoms with Gasteiger partial charge in [0.1, 0.15) is 12.1 Å². The number of ether oxygens (including phenoxy) is 2. The molecule has 0 fully saturated rings. The van der Waals surface area contributed by atoms with E-state index in [1.54, 1.807) is 0 Å². The van der Waals surface area contributed by atoms with Crippen molar-refractivity contribution in [3.63, 3.8) is 0 Å². The normalized spacial score (nSPS) is 16.1. The maximum absolute atomic E-state index is 12.6. The van der Waals surface area contributed by atoms with Gasteiger partial charge in [-0.2, -0.15) is 0 Å². The molecular formula is C24H48N2O4. The van der Waals surface area contributed by atoms with E-state index in [2.05, 4.69) is 31.4 Å². The fourth-order valence-corrected chi connectivity index (χ4v) is 3.43. The third kappa shape index (κ3) is 14.0. The van der Waals surface area contributed by atoms with E-state index in [0.29, 0.717) is 18.3 Å². The highest BCUT2D eigenvalue weighted by molar-refractivity contribution is 5.76. The number of carbonyl (C=O) groups is 2. The summed E-state index contributed by atoms with van der Waals surface area (Å²) in [6.07, 6.45) is 2.85. The van der Waals surface area contributed by atoms with E-state index < -0.39 is 0 Å². The highest BCUT2D eigenvalue weighted by Gasteiger charge is 2.26. The van der Waals surface area contributed by atoms with Gasteiger partial charge in [-0.15, -0.1) is 0 Å². The van der Waals surface area contributed by atoms with Gasteiger partial charge in [-0.1, -0.05) is 48.5 Å². The van der Waals surface area contributed by atoms with Gasteiger partial charge >= 0.3 is 11.9 Å². The molecule has 178 valence electrons. The molecule has 2 N–H and O–H groups in total. The van der Waals surface area contributed by atoms with Crippen molar-refractivity contribution in [2.75, 3.05) is 0 Å². The van der Waals surface area contributed by atoms with E-state index in [1.165, 1.54) is 0 Å². The molecule has 0 aliphatic heterocycles. The van der Waals surface area contributed by atoms with Crippen LogP contribution in [0.3, 0.4) is 0 Å². The summed E-state index contributed by atoms with van der Waals surface area (Å²) in [4.78, 5) is 25.0. The predicted octanol–water partition coefficient (Wildman–Crippen LogP) is 4.46. The number of nitrogens with one attached hydrogen (secondary N) is 2. The Morgan fingerprint density at radius 3 is 1.57 bits per heavy atom. The van der Waals surface area contributed by atoms with Crippen LogP contribution in [0.15, 0.2) is 0 Å². The summed E-state index contributed by atoms with van der Waals surface area (Å²) in [5.41, 5.74) is 0. The van der Waals surface area contributed by atoms with Crippen LogP contribution in [-0.4, -0.2) is 48.3 Å². The Balaban J connectivity index is 4.65. The van der Waals surface area contributed by atoms with Crippen LogP contribution in [0, 0.1) is 11.8 Å². The lowest BCUT2D eigenvalue weighted by atomic mass is 9.95. The molecule has 0 aromatic rings. The lowest BCUT2D eigenvalue weighted by Gasteiger charge is -2.26. The average molecular weight is 429 g/mol. The van der Waals surface area contributed by atoms with E-state index >= 15 is 0 Å². The van der Waals surface area contributed by atoms with Crippen molar-refractivity contribution in [1.29, 1.82) is 0 Å². The zero-order valence-corrected chi connectivity index (χ0v) is 21.1. The maximum atomic E-state index is 12.6. The number of esters is 2. The second kappa shape index (κ2) is 14.8. The number of hydrogen-bond donors (Lipinski definition) is 2. The van der Waals surface area contributed by atoms with Crippen molar-refractivity contribution in [1.82, 2.24) is 10.6 Å². The van der Waals surface area contributed by atoms with Crippen LogP contribution in [0.2, 0.25) is 0 Å². The Bertz CT molecular complexity index is 482. The molecule has 2 unspecified atom stereocenters. The molecular weight excluding hydrogens is 380 g/mol. The first-order valence-electron chi connectivity index (χ1n) is 11.7. The Hall–Kier alpha value is -1.14. The Kier molecular flexibility index (Phi) is 14.2. The van der Waals surface area contributed by atoms with E-state index in [1.807, 2.05) is 48.5 Å². The SMILES string of the molecule is CC(C)C[C@@H](NC(C)C)C(=O)OC(C)CCC(C)C[C@H](NC(C)C)C(=O)OC(C)C. The summed E-state index contributed by atoms with van der Waals surface area (Å²) >= 11 is 0. The van der Waals surface area contributed by atoms with Gasteiger partial charge in [0, 0.05) is 12.1 Å². The van der Waals surface area contributed by atoms with Crippen LogP contribution < -0.4 is 10.6 Å². The lowest BCUT2D eigenvalue weighted by Crippen LogP contribution is -2.44. The average Bonchev–Trinajstić information content (AvgIpc) is 2.57. The van der Waals surface area contributed by atoms with Crippen LogP contribution in [0.4, 0.5) is 0 Å². The van der Waals surface area contributed by atoms with Crippen molar-refractivity contribution in [2.24, 2.45) is 11.8 Å². The standard InChI is InChI=1S/C24H48N2O4/c1-15(2)13-21(25-16(3)4)24(28)30-20(10)12-11-19(9)14-22(26-17(5)6)23(27)29-18(7)8/h15-22,25-26H,11-14H2,1-10H3/t19?,20?,21-,22+/m1/s1. The largest absolute Gasteiger partial charge is 0.462 e. The minimum Gasteiger partial charge on any atom is -0.462 e. The smallest absolute Gasteiger partial charge is 0.323 e. The molecule has 30 heavy (non-hydrogen) atoms. The van der Waals surface area contributed by atoms with Crippen molar-refractivity contribution >= 4 is 11.9 Å². The number of carbonyl (C=O) groups excluding carboxylic acids is 2. The lowest BCUT2D eigenvalue weighted by molar-refractivity contribution is -0.152. The van der Waals surface area contributed by atoms with E-state index in [9.17, 15) is 9.59 Å². The highest BCUT2D eigenvalue weighted by Crippen LogP contribution is 2.18. The minimum atomic E-state index is -0.314. The number of rotatable bonds is 15. The molecule has 0 aromatic carbocycles. The van der Waals surface area contributed by atoms with Gasteiger partial charge in [0.25, 0.3) is 0 Å². The highest BCUT2D eigenvalue weighted by atomic mass is 16.5. The fraction of sp³-hybridized carbons (Fsp3) is 0.917. The van der Waals surface area contributed by atoms with Crippen LogP contribution in [0.1, 0.15) is 94.9 Å². The van der Waals surface area contributed by atoms with Crippen molar-refractivity contribution in [3.05, 3.63) is 0 Å². The summed E-state index contributed by atoms with van der Waals surface area (Å²) in [5.74, 6) is 0.362. The summed E-state index contributed by atoms with van der Waals surface area (Å²) < 4.78 is 11.1. The molecule has 0 spiro atoms. The second-order valence-corrected chi connectivity index (χ2v) is 10.0. The molecule has 4 atom stereocenters. The van der Waals surface area contributed by atoms with Crippen LogP contribution in [0.25, 0.3) is 0 Å². The molecule has 0 bridgehead atoms.